The molecule has 3 aromatic rings. The Hall–Kier alpha value is -2.83. The van der Waals surface area contributed by atoms with Crippen LogP contribution in [-0.2, 0) is 19.5 Å². The number of hydrogen-bond acceptors (Lipinski definition) is 4. The van der Waals surface area contributed by atoms with Gasteiger partial charge in [-0.15, -0.1) is 0 Å². The molecule has 0 unspecified atom stereocenters. The predicted octanol–water partition coefficient (Wildman–Crippen LogP) is 4.52. The molecule has 0 aliphatic carbocycles. The van der Waals surface area contributed by atoms with Crippen LogP contribution in [0.3, 0.4) is 0 Å². The Kier molecular flexibility index (Phi) is 8.02. The van der Waals surface area contributed by atoms with E-state index in [0.29, 0.717) is 19.7 Å². The van der Waals surface area contributed by atoms with Gasteiger partial charge in [-0.05, 0) is 48.2 Å². The highest BCUT2D eigenvalue weighted by atomic mass is 35.5. The number of benzene rings is 2. The Bertz CT molecular complexity index is 1140. The largest absolute Gasteiger partial charge is 0.492 e. The summed E-state index contributed by atoms with van der Waals surface area (Å²) >= 11 is 6.13. The van der Waals surface area contributed by atoms with Gasteiger partial charge in [0.2, 0.25) is 0 Å². The van der Waals surface area contributed by atoms with Crippen molar-refractivity contribution < 1.29 is 4.74 Å². The Labute approximate surface area is 200 Å². The van der Waals surface area contributed by atoms with E-state index < -0.39 is 0 Å². The van der Waals surface area contributed by atoms with E-state index >= 15 is 0 Å². The van der Waals surface area contributed by atoms with Gasteiger partial charge in [-0.1, -0.05) is 54.9 Å². The molecule has 4 rings (SSSR count). The molecule has 2 aromatic carbocycles. The van der Waals surface area contributed by atoms with E-state index in [1.165, 1.54) is 11.1 Å². The van der Waals surface area contributed by atoms with Crippen molar-refractivity contribution in [3.05, 3.63) is 87.6 Å². The zero-order valence-corrected chi connectivity index (χ0v) is 19.9. The minimum absolute atomic E-state index is 0.0507. The van der Waals surface area contributed by atoms with Crippen LogP contribution in [0.25, 0.3) is 5.57 Å². The molecule has 6 nitrogen and oxygen atoms in total. The summed E-state index contributed by atoms with van der Waals surface area (Å²) in [6.07, 6.45) is 4.91. The van der Waals surface area contributed by atoms with Gasteiger partial charge in [0.05, 0.1) is 6.54 Å². The summed E-state index contributed by atoms with van der Waals surface area (Å²) in [6, 6.07) is 17.7. The van der Waals surface area contributed by atoms with Gasteiger partial charge in [0.15, 0.2) is 0 Å². The highest BCUT2D eigenvalue weighted by Crippen LogP contribution is 2.24. The van der Waals surface area contributed by atoms with Crippen molar-refractivity contribution in [2.24, 2.45) is 0 Å². The maximum atomic E-state index is 12.9. The average Bonchev–Trinajstić information content (AvgIpc) is 3.15. The number of aryl methyl sites for hydroxylation is 2. The summed E-state index contributed by atoms with van der Waals surface area (Å²) in [5.41, 5.74) is 2.52. The van der Waals surface area contributed by atoms with Crippen molar-refractivity contribution >= 4 is 17.2 Å². The highest BCUT2D eigenvalue weighted by Gasteiger charge is 2.15. The summed E-state index contributed by atoms with van der Waals surface area (Å²) in [4.78, 5) is 15.3. The maximum Gasteiger partial charge on any atom is 0.346 e. The number of ether oxygens (including phenoxy) is 1. The van der Waals surface area contributed by atoms with Crippen molar-refractivity contribution in [1.82, 2.24) is 19.2 Å². The van der Waals surface area contributed by atoms with Crippen molar-refractivity contribution in [3.8, 4) is 5.75 Å². The molecule has 1 aliphatic heterocycles. The second kappa shape index (κ2) is 11.3. The average molecular weight is 467 g/mol. The molecule has 174 valence electrons. The fraction of sp³-hybridized carbons (Fsp3) is 0.385. The first-order valence-corrected chi connectivity index (χ1v) is 12.0. The quantitative estimate of drug-likeness (QED) is 0.441. The van der Waals surface area contributed by atoms with E-state index in [0.717, 1.165) is 55.5 Å². The molecule has 0 N–H and O–H groups in total. The van der Waals surface area contributed by atoms with Crippen LogP contribution in [0.5, 0.6) is 5.75 Å². The van der Waals surface area contributed by atoms with Crippen molar-refractivity contribution in [2.75, 3.05) is 26.2 Å². The van der Waals surface area contributed by atoms with Crippen LogP contribution >= 0.6 is 11.6 Å². The molecule has 0 saturated carbocycles. The van der Waals surface area contributed by atoms with Gasteiger partial charge >= 0.3 is 5.69 Å². The molecule has 0 radical (unpaired) electrons. The van der Waals surface area contributed by atoms with Crippen LogP contribution in [0.1, 0.15) is 31.2 Å². The summed E-state index contributed by atoms with van der Waals surface area (Å²) in [7, 11) is 0. The second-order valence-electron chi connectivity index (χ2n) is 8.23. The van der Waals surface area contributed by atoms with E-state index in [4.69, 9.17) is 16.3 Å². The number of nitrogens with zero attached hydrogens (tertiary/aromatic N) is 4. The van der Waals surface area contributed by atoms with Gasteiger partial charge in [0, 0.05) is 37.6 Å². The van der Waals surface area contributed by atoms with E-state index in [2.05, 4.69) is 22.1 Å². The lowest BCUT2D eigenvalue weighted by Crippen LogP contribution is -2.32. The molecular formula is C26H31ClN4O2. The molecule has 0 spiro atoms. The van der Waals surface area contributed by atoms with Crippen molar-refractivity contribution in [2.45, 2.75) is 39.3 Å². The molecule has 0 amide bonds. The topological polar surface area (TPSA) is 52.3 Å². The van der Waals surface area contributed by atoms with Crippen LogP contribution in [0, 0.1) is 0 Å². The molecule has 0 saturated heterocycles. The van der Waals surface area contributed by atoms with Crippen molar-refractivity contribution in [1.29, 1.82) is 0 Å². The second-order valence-corrected chi connectivity index (χ2v) is 8.67. The number of halogens is 1. The van der Waals surface area contributed by atoms with Gasteiger partial charge in [-0.25, -0.2) is 9.48 Å². The molecule has 0 fully saturated rings. The third kappa shape index (κ3) is 6.15. The molecule has 0 bridgehead atoms. The van der Waals surface area contributed by atoms with Crippen LogP contribution in [0.2, 0.25) is 5.02 Å². The van der Waals surface area contributed by atoms with Crippen molar-refractivity contribution in [3.63, 3.8) is 0 Å². The molecule has 2 heterocycles. The summed E-state index contributed by atoms with van der Waals surface area (Å²) in [5, 5.41) is 5.34. The lowest BCUT2D eigenvalue weighted by atomic mass is 9.99. The van der Waals surface area contributed by atoms with Gasteiger partial charge in [0.1, 0.15) is 18.2 Å². The third-order valence-corrected chi connectivity index (χ3v) is 6.21. The number of para-hydroxylation sites is 1. The molecule has 0 atom stereocenters. The number of rotatable bonds is 10. The molecule has 1 aliphatic rings. The number of hydrogen-bond donors (Lipinski definition) is 0. The maximum absolute atomic E-state index is 12.9. The zero-order valence-electron chi connectivity index (χ0n) is 19.1. The van der Waals surface area contributed by atoms with E-state index in [9.17, 15) is 4.79 Å². The van der Waals surface area contributed by atoms with Gasteiger partial charge < -0.3 is 4.74 Å². The Morgan fingerprint density at radius 2 is 1.91 bits per heavy atom. The smallest absolute Gasteiger partial charge is 0.346 e. The van der Waals surface area contributed by atoms with Gasteiger partial charge in [-0.2, -0.15) is 5.10 Å². The molecule has 33 heavy (non-hydrogen) atoms. The van der Waals surface area contributed by atoms with E-state index in [-0.39, 0.29) is 5.69 Å². The first-order chi connectivity index (χ1) is 16.1. The highest BCUT2D eigenvalue weighted by molar-refractivity contribution is 6.30. The van der Waals surface area contributed by atoms with E-state index in [1.54, 1.807) is 9.25 Å². The van der Waals surface area contributed by atoms with Crippen LogP contribution < -0.4 is 10.4 Å². The SMILES string of the molecule is CCc1nn(CCCN2CC=C(c3cccc(Cl)c3)CC2)c(=O)n1CCOc1ccccc1. The lowest BCUT2D eigenvalue weighted by molar-refractivity contribution is 0.286. The lowest BCUT2D eigenvalue weighted by Gasteiger charge is -2.26. The third-order valence-electron chi connectivity index (χ3n) is 5.98. The zero-order chi connectivity index (χ0) is 23.0. The molecule has 1 aromatic heterocycles. The number of aromatic nitrogens is 3. The Morgan fingerprint density at radius 3 is 2.64 bits per heavy atom. The fourth-order valence-electron chi connectivity index (χ4n) is 4.20. The van der Waals surface area contributed by atoms with Crippen LogP contribution in [-0.4, -0.2) is 45.5 Å². The van der Waals surface area contributed by atoms with E-state index in [1.807, 2.05) is 55.5 Å². The summed E-state index contributed by atoms with van der Waals surface area (Å²) < 4.78 is 9.11. The Morgan fingerprint density at radius 1 is 1.06 bits per heavy atom. The molecular weight excluding hydrogens is 436 g/mol. The van der Waals surface area contributed by atoms with Gasteiger partial charge in [-0.3, -0.25) is 9.47 Å². The first-order valence-electron chi connectivity index (χ1n) is 11.7. The summed E-state index contributed by atoms with van der Waals surface area (Å²) in [5.74, 6) is 1.62. The molecule has 7 heteroatoms. The normalized spacial score (nSPS) is 14.3. The predicted molar refractivity (Wildman–Crippen MR) is 133 cm³/mol. The first kappa shape index (κ1) is 23.3. The monoisotopic (exact) mass is 466 g/mol. The van der Waals surface area contributed by atoms with Gasteiger partial charge in [0.25, 0.3) is 0 Å². The Balaban J connectivity index is 1.28. The minimum atomic E-state index is -0.0507. The fourth-order valence-corrected chi connectivity index (χ4v) is 4.39. The van der Waals surface area contributed by atoms with Crippen LogP contribution in [0.4, 0.5) is 0 Å². The minimum Gasteiger partial charge on any atom is -0.492 e. The standard InChI is InChI=1S/C26H31ClN4O2/c1-2-25-28-31(26(32)30(25)18-19-33-24-10-4-3-5-11-24)15-7-14-29-16-12-21(13-17-29)22-8-6-9-23(27)20-22/h3-6,8-12,20H,2,7,13-19H2,1H3. The summed E-state index contributed by atoms with van der Waals surface area (Å²) in [6.45, 7) is 6.47. The van der Waals surface area contributed by atoms with Crippen LogP contribution in [0.15, 0.2) is 65.5 Å².